The molecular formula is C16H16N4O2S. The number of anilines is 1. The van der Waals surface area contributed by atoms with Crippen molar-refractivity contribution in [1.82, 2.24) is 15.0 Å². The normalized spacial score (nSPS) is 10.7. The lowest BCUT2D eigenvalue weighted by Crippen LogP contribution is -1.98. The molecule has 0 aliphatic carbocycles. The van der Waals surface area contributed by atoms with Gasteiger partial charge >= 0.3 is 0 Å². The van der Waals surface area contributed by atoms with Gasteiger partial charge in [-0.1, -0.05) is 11.8 Å². The van der Waals surface area contributed by atoms with Crippen LogP contribution in [0.5, 0.6) is 11.5 Å². The van der Waals surface area contributed by atoms with Crippen LogP contribution in [-0.2, 0) is 0 Å². The van der Waals surface area contributed by atoms with Gasteiger partial charge in [-0.15, -0.1) is 0 Å². The summed E-state index contributed by atoms with van der Waals surface area (Å²) < 4.78 is 10.6. The van der Waals surface area contributed by atoms with E-state index >= 15 is 0 Å². The zero-order valence-corrected chi connectivity index (χ0v) is 13.8. The number of pyridine rings is 1. The maximum absolute atomic E-state index is 6.09. The van der Waals surface area contributed by atoms with Crippen molar-refractivity contribution in [3.8, 4) is 22.8 Å². The van der Waals surface area contributed by atoms with E-state index in [2.05, 4.69) is 15.0 Å². The van der Waals surface area contributed by atoms with Gasteiger partial charge in [0.1, 0.15) is 17.0 Å². The fraction of sp³-hybridized carbons (Fsp3) is 0.188. The molecule has 3 aromatic rings. The van der Waals surface area contributed by atoms with Gasteiger partial charge in [0.15, 0.2) is 11.0 Å². The second-order valence-electron chi connectivity index (χ2n) is 4.79. The zero-order chi connectivity index (χ0) is 16.4. The number of hydrogen-bond acceptors (Lipinski definition) is 7. The summed E-state index contributed by atoms with van der Waals surface area (Å²) in [6, 6.07) is 7.48. The highest BCUT2D eigenvalue weighted by Crippen LogP contribution is 2.31. The van der Waals surface area contributed by atoms with Gasteiger partial charge in [0.2, 0.25) is 0 Å². The number of hydrogen-bond donors (Lipinski definition) is 1. The molecule has 23 heavy (non-hydrogen) atoms. The number of ether oxygens (including phenoxy) is 2. The molecule has 0 radical (unpaired) electrons. The summed E-state index contributed by atoms with van der Waals surface area (Å²) in [7, 11) is 3.22. The van der Waals surface area contributed by atoms with Crippen LogP contribution in [0.25, 0.3) is 22.2 Å². The third kappa shape index (κ3) is 3.00. The van der Waals surface area contributed by atoms with Crippen LogP contribution in [0.2, 0.25) is 0 Å². The number of nitrogen functional groups attached to an aromatic ring is 1. The van der Waals surface area contributed by atoms with Crippen molar-refractivity contribution in [2.45, 2.75) is 5.16 Å². The Morgan fingerprint density at radius 3 is 2.30 bits per heavy atom. The molecule has 1 aromatic carbocycles. The van der Waals surface area contributed by atoms with Gasteiger partial charge in [-0.2, -0.15) is 0 Å². The summed E-state index contributed by atoms with van der Waals surface area (Å²) in [5.74, 6) is 1.75. The third-order valence-corrected chi connectivity index (χ3v) is 3.96. The monoisotopic (exact) mass is 328 g/mol. The topological polar surface area (TPSA) is 83.2 Å². The van der Waals surface area contributed by atoms with Crippen molar-refractivity contribution in [3.63, 3.8) is 0 Å². The first-order chi connectivity index (χ1) is 11.1. The Balaban J connectivity index is 2.17. The predicted octanol–water partition coefficient (Wildman–Crippen LogP) is 3.01. The average molecular weight is 328 g/mol. The largest absolute Gasteiger partial charge is 0.497 e. The lowest BCUT2D eigenvalue weighted by atomic mass is 10.1. The van der Waals surface area contributed by atoms with Crippen LogP contribution in [0.15, 0.2) is 35.6 Å². The van der Waals surface area contributed by atoms with Crippen molar-refractivity contribution in [2.24, 2.45) is 0 Å². The average Bonchev–Trinajstić information content (AvgIpc) is 2.60. The van der Waals surface area contributed by atoms with E-state index in [-0.39, 0.29) is 0 Å². The van der Waals surface area contributed by atoms with Gasteiger partial charge in [0.25, 0.3) is 0 Å². The fourth-order valence-corrected chi connectivity index (χ4v) is 2.59. The molecule has 2 N–H and O–H groups in total. The molecule has 0 saturated carbocycles. The SMILES string of the molecule is COc1cc(OC)cc(-c2cc3cnc(SC)nc3c(N)n2)c1. The quantitative estimate of drug-likeness (QED) is 0.582. The van der Waals surface area contributed by atoms with E-state index in [0.717, 1.165) is 10.9 Å². The summed E-state index contributed by atoms with van der Waals surface area (Å²) in [5, 5.41) is 1.51. The number of rotatable bonds is 4. The van der Waals surface area contributed by atoms with E-state index < -0.39 is 0 Å². The molecule has 2 heterocycles. The maximum Gasteiger partial charge on any atom is 0.187 e. The van der Waals surface area contributed by atoms with Crippen LogP contribution >= 0.6 is 11.8 Å². The van der Waals surface area contributed by atoms with Crippen LogP contribution < -0.4 is 15.2 Å². The Kier molecular flexibility index (Phi) is 4.20. The van der Waals surface area contributed by atoms with E-state index in [1.54, 1.807) is 20.4 Å². The molecule has 0 saturated heterocycles. The Bertz CT molecular complexity index is 848. The number of methoxy groups -OCH3 is 2. The van der Waals surface area contributed by atoms with Crippen molar-refractivity contribution in [2.75, 3.05) is 26.2 Å². The smallest absolute Gasteiger partial charge is 0.187 e. The fourth-order valence-electron chi connectivity index (χ4n) is 2.25. The second kappa shape index (κ2) is 6.29. The highest BCUT2D eigenvalue weighted by atomic mass is 32.2. The molecular weight excluding hydrogens is 312 g/mol. The molecule has 118 valence electrons. The summed E-state index contributed by atoms with van der Waals surface area (Å²) in [4.78, 5) is 13.2. The van der Waals surface area contributed by atoms with E-state index in [9.17, 15) is 0 Å². The molecule has 0 unspecified atom stereocenters. The number of aromatic nitrogens is 3. The van der Waals surface area contributed by atoms with Gasteiger partial charge in [0, 0.05) is 23.2 Å². The number of nitrogens with zero attached hydrogens (tertiary/aromatic N) is 3. The molecule has 0 amide bonds. The van der Waals surface area contributed by atoms with Crippen LogP contribution in [0.1, 0.15) is 0 Å². The van der Waals surface area contributed by atoms with Gasteiger partial charge in [-0.3, -0.25) is 0 Å². The van der Waals surface area contributed by atoms with Crippen molar-refractivity contribution in [1.29, 1.82) is 0 Å². The van der Waals surface area contributed by atoms with E-state index in [1.165, 1.54) is 11.8 Å². The first-order valence-electron chi connectivity index (χ1n) is 6.85. The van der Waals surface area contributed by atoms with Gasteiger partial charge in [-0.25, -0.2) is 15.0 Å². The van der Waals surface area contributed by atoms with E-state index in [4.69, 9.17) is 15.2 Å². The Labute approximate surface area is 138 Å². The summed E-state index contributed by atoms with van der Waals surface area (Å²) in [5.41, 5.74) is 8.31. The summed E-state index contributed by atoms with van der Waals surface area (Å²) >= 11 is 1.46. The minimum Gasteiger partial charge on any atom is -0.497 e. The van der Waals surface area contributed by atoms with Crippen molar-refractivity contribution >= 4 is 28.5 Å². The minimum absolute atomic E-state index is 0.372. The van der Waals surface area contributed by atoms with E-state index in [0.29, 0.717) is 33.7 Å². The number of fused-ring (bicyclic) bond motifs is 1. The van der Waals surface area contributed by atoms with Crippen molar-refractivity contribution < 1.29 is 9.47 Å². The van der Waals surface area contributed by atoms with Crippen molar-refractivity contribution in [3.05, 3.63) is 30.5 Å². The summed E-state index contributed by atoms with van der Waals surface area (Å²) in [6.07, 6.45) is 3.68. The highest BCUT2D eigenvalue weighted by molar-refractivity contribution is 7.98. The minimum atomic E-state index is 0.372. The summed E-state index contributed by atoms with van der Waals surface area (Å²) in [6.45, 7) is 0. The van der Waals surface area contributed by atoms with E-state index in [1.807, 2.05) is 30.5 Å². The first kappa shape index (κ1) is 15.4. The Morgan fingerprint density at radius 1 is 1.00 bits per heavy atom. The lowest BCUT2D eigenvalue weighted by molar-refractivity contribution is 0.394. The van der Waals surface area contributed by atoms with Crippen LogP contribution in [0.3, 0.4) is 0 Å². The molecule has 0 bridgehead atoms. The van der Waals surface area contributed by atoms with Crippen LogP contribution in [0.4, 0.5) is 5.82 Å². The molecule has 7 heteroatoms. The molecule has 0 fully saturated rings. The number of benzene rings is 1. The van der Waals surface area contributed by atoms with Gasteiger partial charge in [0.05, 0.1) is 19.9 Å². The maximum atomic E-state index is 6.09. The van der Waals surface area contributed by atoms with Gasteiger partial charge in [-0.05, 0) is 24.5 Å². The highest BCUT2D eigenvalue weighted by Gasteiger charge is 2.10. The molecule has 0 aliphatic heterocycles. The Hall–Kier alpha value is -2.54. The standard InChI is InChI=1S/C16H16N4O2S/c1-21-11-4-9(5-12(7-11)22-2)13-6-10-8-18-16(23-3)20-14(10)15(17)19-13/h4-8H,1-3H3,(H2,17,19). The third-order valence-electron chi connectivity index (χ3n) is 3.40. The molecule has 0 spiro atoms. The molecule has 0 atom stereocenters. The molecule has 2 aromatic heterocycles. The number of thioether (sulfide) groups is 1. The molecule has 0 aliphatic rings. The molecule has 6 nitrogen and oxygen atoms in total. The second-order valence-corrected chi connectivity index (χ2v) is 5.56. The van der Waals surface area contributed by atoms with Crippen LogP contribution in [-0.4, -0.2) is 35.4 Å². The lowest BCUT2D eigenvalue weighted by Gasteiger charge is -2.10. The van der Waals surface area contributed by atoms with Gasteiger partial charge < -0.3 is 15.2 Å². The zero-order valence-electron chi connectivity index (χ0n) is 13.0. The molecule has 3 rings (SSSR count). The first-order valence-corrected chi connectivity index (χ1v) is 8.07. The Morgan fingerprint density at radius 2 is 1.70 bits per heavy atom. The number of nitrogens with two attached hydrogens (primary N) is 1. The predicted molar refractivity (Wildman–Crippen MR) is 92.1 cm³/mol. The van der Waals surface area contributed by atoms with Crippen LogP contribution in [0, 0.1) is 0 Å².